The fourth-order valence-electron chi connectivity index (χ4n) is 1.73. The Morgan fingerprint density at radius 2 is 2.00 bits per heavy atom. The maximum Gasteiger partial charge on any atom is 0.315 e. The van der Waals surface area contributed by atoms with Gasteiger partial charge in [0.25, 0.3) is 0 Å². The molecule has 1 saturated heterocycles. The quantitative estimate of drug-likeness (QED) is 0.520. The molecule has 0 aromatic carbocycles. The second-order valence-electron chi connectivity index (χ2n) is 3.70. The van der Waals surface area contributed by atoms with E-state index >= 15 is 0 Å². The van der Waals surface area contributed by atoms with E-state index in [-0.39, 0.29) is 12.3 Å². The largest absolute Gasteiger partial charge is 0.469 e. The summed E-state index contributed by atoms with van der Waals surface area (Å²) >= 11 is 0. The number of nitrogens with zero attached hydrogens (tertiary/aromatic N) is 1. The molecule has 1 rings (SSSR count). The van der Waals surface area contributed by atoms with Crippen molar-refractivity contribution in [3.63, 3.8) is 0 Å². The fourth-order valence-corrected chi connectivity index (χ4v) is 1.73. The Labute approximate surface area is 89.8 Å². The highest BCUT2D eigenvalue weighted by Gasteiger charge is 2.23. The van der Waals surface area contributed by atoms with Crippen LogP contribution in [0.2, 0.25) is 0 Å². The first-order valence-corrected chi connectivity index (χ1v) is 5.19. The van der Waals surface area contributed by atoms with Gasteiger partial charge in [0.05, 0.1) is 7.11 Å². The minimum Gasteiger partial charge on any atom is -0.469 e. The zero-order valence-electron chi connectivity index (χ0n) is 9.28. The Bertz CT molecular complexity index is 235. The first-order chi connectivity index (χ1) is 7.17. The van der Waals surface area contributed by atoms with Crippen molar-refractivity contribution in [2.24, 2.45) is 0 Å². The number of esters is 1. The van der Waals surface area contributed by atoms with Crippen LogP contribution >= 0.6 is 0 Å². The zero-order valence-corrected chi connectivity index (χ0v) is 9.28. The summed E-state index contributed by atoms with van der Waals surface area (Å²) < 4.78 is 4.46. The SMILES string of the molecule is CNC1CCN(C(=O)CC(=O)OC)CC1. The first-order valence-electron chi connectivity index (χ1n) is 5.19. The molecule has 1 N–H and O–H groups in total. The number of ether oxygens (including phenoxy) is 1. The average molecular weight is 214 g/mol. The van der Waals surface area contributed by atoms with Gasteiger partial charge in [-0.1, -0.05) is 0 Å². The number of likely N-dealkylation sites (tertiary alicyclic amines) is 1. The van der Waals surface area contributed by atoms with Gasteiger partial charge in [0, 0.05) is 19.1 Å². The number of carbonyl (C=O) groups is 2. The summed E-state index contributed by atoms with van der Waals surface area (Å²) in [6.07, 6.45) is 1.76. The van der Waals surface area contributed by atoms with Crippen LogP contribution in [0.15, 0.2) is 0 Å². The smallest absolute Gasteiger partial charge is 0.315 e. The van der Waals surface area contributed by atoms with Gasteiger partial charge in [-0.15, -0.1) is 0 Å². The van der Waals surface area contributed by atoms with Gasteiger partial charge < -0.3 is 15.0 Å². The molecule has 0 bridgehead atoms. The highest BCUT2D eigenvalue weighted by Crippen LogP contribution is 2.11. The molecule has 86 valence electrons. The summed E-state index contributed by atoms with van der Waals surface area (Å²) in [5.41, 5.74) is 0. The first kappa shape index (κ1) is 12.0. The molecular formula is C10H18N2O3. The predicted molar refractivity (Wildman–Crippen MR) is 55.3 cm³/mol. The van der Waals surface area contributed by atoms with E-state index < -0.39 is 5.97 Å². The fraction of sp³-hybridized carbons (Fsp3) is 0.800. The van der Waals surface area contributed by atoms with Gasteiger partial charge in [0.1, 0.15) is 6.42 Å². The second-order valence-corrected chi connectivity index (χ2v) is 3.70. The lowest BCUT2D eigenvalue weighted by atomic mass is 10.1. The van der Waals surface area contributed by atoms with E-state index in [4.69, 9.17) is 0 Å². The van der Waals surface area contributed by atoms with Crippen LogP contribution in [0, 0.1) is 0 Å². The van der Waals surface area contributed by atoms with Gasteiger partial charge >= 0.3 is 5.97 Å². The van der Waals surface area contributed by atoms with Crippen molar-refractivity contribution in [2.75, 3.05) is 27.2 Å². The minimum atomic E-state index is -0.462. The number of carbonyl (C=O) groups excluding carboxylic acids is 2. The van der Waals surface area contributed by atoms with Crippen LogP contribution in [0.25, 0.3) is 0 Å². The summed E-state index contributed by atoms with van der Waals surface area (Å²) in [5, 5.41) is 3.19. The number of hydrogen-bond acceptors (Lipinski definition) is 4. The highest BCUT2D eigenvalue weighted by atomic mass is 16.5. The molecule has 0 saturated carbocycles. The summed E-state index contributed by atoms with van der Waals surface area (Å²) in [5.74, 6) is -0.591. The molecule has 1 aliphatic heterocycles. The minimum absolute atomic E-state index is 0.128. The van der Waals surface area contributed by atoms with Crippen molar-refractivity contribution >= 4 is 11.9 Å². The number of methoxy groups -OCH3 is 1. The molecule has 0 atom stereocenters. The molecule has 5 nitrogen and oxygen atoms in total. The van der Waals surface area contributed by atoms with E-state index in [1.807, 2.05) is 7.05 Å². The van der Waals surface area contributed by atoms with Crippen LogP contribution in [0.1, 0.15) is 19.3 Å². The van der Waals surface area contributed by atoms with Gasteiger partial charge in [-0.05, 0) is 19.9 Å². The van der Waals surface area contributed by atoms with E-state index in [9.17, 15) is 9.59 Å². The third-order valence-electron chi connectivity index (χ3n) is 2.78. The summed E-state index contributed by atoms with van der Waals surface area (Å²) in [6, 6.07) is 0.493. The van der Waals surface area contributed by atoms with Gasteiger partial charge in [0.2, 0.25) is 5.91 Å². The van der Waals surface area contributed by atoms with Crippen LogP contribution in [-0.2, 0) is 14.3 Å². The molecule has 5 heteroatoms. The lowest BCUT2D eigenvalue weighted by Gasteiger charge is -2.31. The summed E-state index contributed by atoms with van der Waals surface area (Å²) in [6.45, 7) is 1.45. The Hall–Kier alpha value is -1.10. The standard InChI is InChI=1S/C10H18N2O3/c1-11-8-3-5-12(6-4-8)9(13)7-10(14)15-2/h8,11H,3-7H2,1-2H3. The Morgan fingerprint density at radius 1 is 1.40 bits per heavy atom. The molecule has 1 amide bonds. The zero-order chi connectivity index (χ0) is 11.3. The monoisotopic (exact) mass is 214 g/mol. The third-order valence-corrected chi connectivity index (χ3v) is 2.78. The Kier molecular flexibility index (Phi) is 4.55. The maximum atomic E-state index is 11.6. The molecule has 0 aromatic heterocycles. The molecule has 0 radical (unpaired) electrons. The van der Waals surface area contributed by atoms with Gasteiger partial charge in [-0.3, -0.25) is 9.59 Å². The number of piperidine rings is 1. The number of rotatable bonds is 3. The van der Waals surface area contributed by atoms with Gasteiger partial charge in [-0.2, -0.15) is 0 Å². The van der Waals surface area contributed by atoms with Crippen molar-refractivity contribution in [2.45, 2.75) is 25.3 Å². The topological polar surface area (TPSA) is 58.6 Å². The number of nitrogens with one attached hydrogen (secondary N) is 1. The lowest BCUT2D eigenvalue weighted by Crippen LogP contribution is -2.44. The van der Waals surface area contributed by atoms with Gasteiger partial charge in [0.15, 0.2) is 0 Å². The molecule has 1 aliphatic rings. The highest BCUT2D eigenvalue weighted by molar-refractivity contribution is 5.94. The van der Waals surface area contributed by atoms with E-state index in [1.165, 1.54) is 7.11 Å². The molecule has 0 unspecified atom stereocenters. The van der Waals surface area contributed by atoms with Crippen LogP contribution in [0.4, 0.5) is 0 Å². The maximum absolute atomic E-state index is 11.6. The van der Waals surface area contributed by atoms with Crippen molar-refractivity contribution in [3.05, 3.63) is 0 Å². The molecular weight excluding hydrogens is 196 g/mol. The van der Waals surface area contributed by atoms with Crippen LogP contribution in [0.5, 0.6) is 0 Å². The molecule has 0 aromatic rings. The van der Waals surface area contributed by atoms with Crippen molar-refractivity contribution < 1.29 is 14.3 Å². The van der Waals surface area contributed by atoms with E-state index in [1.54, 1.807) is 4.90 Å². The van der Waals surface area contributed by atoms with E-state index in [0.29, 0.717) is 6.04 Å². The number of amides is 1. The molecule has 15 heavy (non-hydrogen) atoms. The molecule has 1 heterocycles. The van der Waals surface area contributed by atoms with E-state index in [0.717, 1.165) is 25.9 Å². The summed E-state index contributed by atoms with van der Waals surface area (Å²) in [4.78, 5) is 24.2. The van der Waals surface area contributed by atoms with Crippen LogP contribution < -0.4 is 5.32 Å². The molecule has 0 spiro atoms. The van der Waals surface area contributed by atoms with E-state index in [2.05, 4.69) is 10.1 Å². The molecule has 1 fully saturated rings. The second kappa shape index (κ2) is 5.70. The normalized spacial score (nSPS) is 17.6. The average Bonchev–Trinajstić information content (AvgIpc) is 2.29. The molecule has 0 aliphatic carbocycles. The lowest BCUT2D eigenvalue weighted by molar-refractivity contribution is -0.147. The van der Waals surface area contributed by atoms with Crippen molar-refractivity contribution in [3.8, 4) is 0 Å². The third kappa shape index (κ3) is 3.51. The van der Waals surface area contributed by atoms with Crippen LogP contribution in [0.3, 0.4) is 0 Å². The van der Waals surface area contributed by atoms with Crippen molar-refractivity contribution in [1.29, 1.82) is 0 Å². The van der Waals surface area contributed by atoms with Crippen LogP contribution in [-0.4, -0.2) is 50.1 Å². The van der Waals surface area contributed by atoms with Gasteiger partial charge in [-0.25, -0.2) is 0 Å². The van der Waals surface area contributed by atoms with Crippen molar-refractivity contribution in [1.82, 2.24) is 10.2 Å². The Balaban J connectivity index is 2.33. The summed E-state index contributed by atoms with van der Waals surface area (Å²) in [7, 11) is 3.22. The Morgan fingerprint density at radius 3 is 2.47 bits per heavy atom. The predicted octanol–water partition coefficient (Wildman–Crippen LogP) is -0.240. The number of hydrogen-bond donors (Lipinski definition) is 1.